The first kappa shape index (κ1) is 33.2. The number of likely N-dealkylation sites (tertiary alicyclic amines) is 2. The van der Waals surface area contributed by atoms with E-state index in [1.54, 1.807) is 0 Å². The Labute approximate surface area is 289 Å². The van der Waals surface area contributed by atoms with Gasteiger partial charge in [0.05, 0.1) is 28.8 Å². The van der Waals surface area contributed by atoms with E-state index in [1.165, 1.54) is 16.9 Å². The van der Waals surface area contributed by atoms with Gasteiger partial charge in [0.1, 0.15) is 17.0 Å². The Morgan fingerprint density at radius 3 is 1.98 bits per heavy atom. The molecule has 2 atom stereocenters. The fourth-order valence-corrected chi connectivity index (χ4v) is 7.65. The summed E-state index contributed by atoms with van der Waals surface area (Å²) >= 11 is 0. The zero-order valence-electron chi connectivity index (χ0n) is 29.9. The van der Waals surface area contributed by atoms with E-state index in [0.29, 0.717) is 13.1 Å². The van der Waals surface area contributed by atoms with Crippen LogP contribution in [-0.4, -0.2) is 94.2 Å². The van der Waals surface area contributed by atoms with Crippen LogP contribution in [0.4, 0.5) is 26.7 Å². The lowest BCUT2D eigenvalue weighted by molar-refractivity contribution is 0.0216. The van der Waals surface area contributed by atoms with Gasteiger partial charge in [0.25, 0.3) is 0 Å². The SMILES string of the molecule is CC(C)(C)OC(=O)N1CCC[C@H]1C1=Nc2ccc(N3CCCN(c4ccc5nc([C@@H]6CCCN6C(=O)OC(C)(C)C)[nH]c5c4)CC3)cc2C1. The summed E-state index contributed by atoms with van der Waals surface area (Å²) in [7, 11) is 0. The van der Waals surface area contributed by atoms with Crippen LogP contribution in [0.25, 0.3) is 11.0 Å². The molecule has 4 aliphatic heterocycles. The largest absolute Gasteiger partial charge is 0.444 e. The Balaban J connectivity index is 0.993. The molecule has 11 nitrogen and oxygen atoms in total. The first-order chi connectivity index (χ1) is 23.3. The highest BCUT2D eigenvalue weighted by Crippen LogP contribution is 2.36. The molecule has 11 heteroatoms. The van der Waals surface area contributed by atoms with Crippen LogP contribution in [0.1, 0.15) is 91.1 Å². The standard InChI is InChI=1S/C38H51N7O4/c1-37(2,3)48-35(46)44-18-7-10-32(44)31-23-25-22-26(12-14-28(25)39-31)42-16-9-17-43(21-20-42)27-13-15-29-30(24-27)41-34(40-29)33-11-8-19-45(33)36(47)49-38(4,5)6/h12-15,22,24,32-33H,7-11,16-21,23H2,1-6H3,(H,40,41)/t32-,33-/m0/s1. The number of ether oxygens (including phenoxy) is 2. The molecule has 2 amide bonds. The van der Waals surface area contributed by atoms with Gasteiger partial charge in [-0.15, -0.1) is 0 Å². The minimum atomic E-state index is -0.531. The quantitative estimate of drug-likeness (QED) is 0.309. The van der Waals surface area contributed by atoms with Crippen LogP contribution < -0.4 is 9.80 Å². The van der Waals surface area contributed by atoms with Crippen molar-refractivity contribution in [1.82, 2.24) is 19.8 Å². The summed E-state index contributed by atoms with van der Waals surface area (Å²) in [6, 6.07) is 13.0. The summed E-state index contributed by atoms with van der Waals surface area (Å²) in [6.07, 6.45) is 5.00. The lowest BCUT2D eigenvalue weighted by atomic mass is 10.0. The van der Waals surface area contributed by atoms with Gasteiger partial charge in [0, 0.05) is 62.8 Å². The zero-order valence-corrected chi connectivity index (χ0v) is 29.9. The fraction of sp³-hybridized carbons (Fsp3) is 0.579. The number of amides is 2. The number of anilines is 2. The van der Waals surface area contributed by atoms with Gasteiger partial charge in [-0.3, -0.25) is 14.8 Å². The number of carbonyl (C=O) groups excluding carboxylic acids is 2. The lowest BCUT2D eigenvalue weighted by Crippen LogP contribution is -2.43. The monoisotopic (exact) mass is 669 g/mol. The van der Waals surface area contributed by atoms with E-state index in [-0.39, 0.29) is 24.3 Å². The number of H-pyrrole nitrogens is 1. The first-order valence-corrected chi connectivity index (χ1v) is 18.0. The summed E-state index contributed by atoms with van der Waals surface area (Å²) in [5.74, 6) is 0.826. The molecule has 3 saturated heterocycles. The highest BCUT2D eigenvalue weighted by Gasteiger charge is 2.37. The molecule has 0 bridgehead atoms. The number of carbonyl (C=O) groups is 2. The number of hydrogen-bond acceptors (Lipinski definition) is 8. The normalized spacial score (nSPS) is 21.6. The minimum absolute atomic E-state index is 0.00260. The van der Waals surface area contributed by atoms with Crippen LogP contribution in [0.2, 0.25) is 0 Å². The number of fused-ring (bicyclic) bond motifs is 2. The number of nitrogens with zero attached hydrogens (tertiary/aromatic N) is 6. The Morgan fingerprint density at radius 1 is 0.735 bits per heavy atom. The van der Waals surface area contributed by atoms with Crippen molar-refractivity contribution in [2.75, 3.05) is 49.1 Å². The van der Waals surface area contributed by atoms with Crippen molar-refractivity contribution in [3.05, 3.63) is 47.8 Å². The van der Waals surface area contributed by atoms with E-state index in [2.05, 4.69) is 51.2 Å². The van der Waals surface area contributed by atoms with Gasteiger partial charge in [0.15, 0.2) is 0 Å². The number of aliphatic imine (C=N–C) groups is 1. The van der Waals surface area contributed by atoms with Crippen LogP contribution >= 0.6 is 0 Å². The molecular formula is C38H51N7O4. The van der Waals surface area contributed by atoms with Crippen molar-refractivity contribution in [3.8, 4) is 0 Å². The summed E-state index contributed by atoms with van der Waals surface area (Å²) < 4.78 is 11.4. The molecule has 3 aromatic rings. The first-order valence-electron chi connectivity index (χ1n) is 18.0. The highest BCUT2D eigenvalue weighted by atomic mass is 16.6. The highest BCUT2D eigenvalue weighted by molar-refractivity contribution is 6.00. The smallest absolute Gasteiger partial charge is 0.410 e. The number of nitrogens with one attached hydrogen (secondary N) is 1. The minimum Gasteiger partial charge on any atom is -0.444 e. The topological polar surface area (TPSA) is 107 Å². The van der Waals surface area contributed by atoms with E-state index in [4.69, 9.17) is 19.5 Å². The van der Waals surface area contributed by atoms with Crippen molar-refractivity contribution in [2.45, 2.75) is 103 Å². The molecule has 3 fully saturated rings. The van der Waals surface area contributed by atoms with Crippen LogP contribution in [-0.2, 0) is 15.9 Å². The molecule has 1 N–H and O–H groups in total. The van der Waals surface area contributed by atoms with Gasteiger partial charge in [-0.2, -0.15) is 0 Å². The third-order valence-corrected chi connectivity index (χ3v) is 9.87. The van der Waals surface area contributed by atoms with E-state index in [0.717, 1.165) is 93.0 Å². The number of aromatic amines is 1. The van der Waals surface area contributed by atoms with E-state index in [9.17, 15) is 9.59 Å². The van der Waals surface area contributed by atoms with E-state index in [1.807, 2.05) is 51.3 Å². The van der Waals surface area contributed by atoms with Crippen molar-refractivity contribution >= 4 is 46.0 Å². The third kappa shape index (κ3) is 7.21. The maximum Gasteiger partial charge on any atom is 0.410 e. The zero-order chi connectivity index (χ0) is 34.5. The van der Waals surface area contributed by atoms with Gasteiger partial charge in [-0.25, -0.2) is 14.6 Å². The van der Waals surface area contributed by atoms with Gasteiger partial charge in [0.2, 0.25) is 0 Å². The van der Waals surface area contributed by atoms with E-state index < -0.39 is 11.2 Å². The molecule has 0 spiro atoms. The van der Waals surface area contributed by atoms with Crippen LogP contribution in [0.5, 0.6) is 0 Å². The Kier molecular flexibility index (Phi) is 8.73. The van der Waals surface area contributed by atoms with Crippen LogP contribution in [0, 0.1) is 0 Å². The molecule has 262 valence electrons. The second-order valence-corrected chi connectivity index (χ2v) is 15.9. The Morgan fingerprint density at radius 2 is 1.33 bits per heavy atom. The molecule has 7 rings (SSSR count). The average molecular weight is 670 g/mol. The summed E-state index contributed by atoms with van der Waals surface area (Å²) in [5.41, 5.74) is 6.59. The molecule has 49 heavy (non-hydrogen) atoms. The Bertz CT molecular complexity index is 1750. The predicted molar refractivity (Wildman–Crippen MR) is 193 cm³/mol. The summed E-state index contributed by atoms with van der Waals surface area (Å²) in [4.78, 5) is 47.9. The number of hydrogen-bond donors (Lipinski definition) is 1. The second kappa shape index (κ2) is 12.9. The van der Waals surface area contributed by atoms with Crippen molar-refractivity contribution in [1.29, 1.82) is 0 Å². The second-order valence-electron chi connectivity index (χ2n) is 15.9. The molecule has 0 unspecified atom stereocenters. The fourth-order valence-electron chi connectivity index (χ4n) is 7.65. The number of aromatic nitrogens is 2. The molecular weight excluding hydrogens is 618 g/mol. The molecule has 0 saturated carbocycles. The molecule has 0 radical (unpaired) electrons. The summed E-state index contributed by atoms with van der Waals surface area (Å²) in [5, 5.41) is 0. The van der Waals surface area contributed by atoms with Crippen LogP contribution in [0.3, 0.4) is 0 Å². The maximum atomic E-state index is 12.9. The maximum absolute atomic E-state index is 12.9. The molecule has 0 aliphatic carbocycles. The van der Waals surface area contributed by atoms with Gasteiger partial charge in [-0.05, 0) is 116 Å². The van der Waals surface area contributed by atoms with Gasteiger partial charge < -0.3 is 24.3 Å². The number of rotatable bonds is 4. The molecule has 5 heterocycles. The Hall–Kier alpha value is -4.28. The molecule has 4 aliphatic rings. The number of imidazole rings is 1. The van der Waals surface area contributed by atoms with Gasteiger partial charge >= 0.3 is 12.2 Å². The summed E-state index contributed by atoms with van der Waals surface area (Å²) in [6.45, 7) is 16.6. The van der Waals surface area contributed by atoms with Crippen molar-refractivity contribution in [2.24, 2.45) is 4.99 Å². The third-order valence-electron chi connectivity index (χ3n) is 9.87. The molecule has 1 aromatic heterocycles. The molecule has 2 aromatic carbocycles. The average Bonchev–Trinajstić information content (AvgIpc) is 3.82. The van der Waals surface area contributed by atoms with Crippen LogP contribution in [0.15, 0.2) is 41.4 Å². The van der Waals surface area contributed by atoms with Gasteiger partial charge in [-0.1, -0.05) is 0 Å². The van der Waals surface area contributed by atoms with E-state index >= 15 is 0 Å². The lowest BCUT2D eigenvalue weighted by Gasteiger charge is -2.28. The van der Waals surface area contributed by atoms with Crippen molar-refractivity contribution < 1.29 is 19.1 Å². The number of benzene rings is 2. The van der Waals surface area contributed by atoms with Crippen molar-refractivity contribution in [3.63, 3.8) is 0 Å². The predicted octanol–water partition coefficient (Wildman–Crippen LogP) is 7.38.